The minimum atomic E-state index is 0.581. The van der Waals surface area contributed by atoms with Gasteiger partial charge >= 0.3 is 0 Å². The summed E-state index contributed by atoms with van der Waals surface area (Å²) >= 11 is 0. The number of aromatic amines is 2. The number of aromatic nitrogens is 5. The summed E-state index contributed by atoms with van der Waals surface area (Å²) in [6, 6.07) is 14.0. The lowest BCUT2D eigenvalue weighted by Crippen LogP contribution is -2.35. The predicted molar refractivity (Wildman–Crippen MR) is 145 cm³/mol. The second-order valence-electron chi connectivity index (χ2n) is 9.10. The smallest absolute Gasteiger partial charge is 0.224 e. The summed E-state index contributed by atoms with van der Waals surface area (Å²) < 4.78 is 10.8. The molecule has 10 heteroatoms. The van der Waals surface area contributed by atoms with E-state index in [1.807, 2.05) is 36.5 Å². The first-order valence-electron chi connectivity index (χ1n) is 12.5. The number of benzene rings is 2. The van der Waals surface area contributed by atoms with Crippen LogP contribution in [0.3, 0.4) is 0 Å². The van der Waals surface area contributed by atoms with Gasteiger partial charge < -0.3 is 30.1 Å². The largest absolute Gasteiger partial charge is 0.497 e. The molecule has 0 spiro atoms. The quantitative estimate of drug-likeness (QED) is 0.240. The number of ether oxygens (including phenoxy) is 2. The highest BCUT2D eigenvalue weighted by atomic mass is 16.5. The molecule has 1 saturated heterocycles. The van der Waals surface area contributed by atoms with Gasteiger partial charge in [0, 0.05) is 48.6 Å². The van der Waals surface area contributed by atoms with Crippen LogP contribution in [0.2, 0.25) is 0 Å². The normalized spacial score (nSPS) is 14.3. The van der Waals surface area contributed by atoms with Crippen LogP contribution in [0.1, 0.15) is 11.4 Å². The first kappa shape index (κ1) is 23.3. The van der Waals surface area contributed by atoms with Crippen molar-refractivity contribution in [1.82, 2.24) is 29.8 Å². The van der Waals surface area contributed by atoms with Crippen molar-refractivity contribution in [1.29, 1.82) is 0 Å². The Hall–Kier alpha value is -4.15. The minimum absolute atomic E-state index is 0.581. The third-order valence-corrected chi connectivity index (χ3v) is 6.59. The molecule has 0 amide bonds. The number of rotatable bonds is 9. The van der Waals surface area contributed by atoms with Gasteiger partial charge in [-0.15, -0.1) is 0 Å². The van der Waals surface area contributed by atoms with Crippen molar-refractivity contribution in [3.8, 4) is 5.75 Å². The number of anilines is 3. The number of hydrogen-bond acceptors (Lipinski definition) is 8. The highest BCUT2D eigenvalue weighted by Crippen LogP contribution is 2.24. The zero-order chi connectivity index (χ0) is 25.0. The van der Waals surface area contributed by atoms with E-state index in [1.54, 1.807) is 13.3 Å². The maximum absolute atomic E-state index is 5.44. The molecule has 1 fully saturated rings. The number of nitrogens with one attached hydrogen (secondary N) is 4. The Kier molecular flexibility index (Phi) is 6.57. The number of imidazole rings is 1. The fraction of sp³-hybridized carbons (Fsp3) is 0.296. The van der Waals surface area contributed by atoms with Crippen molar-refractivity contribution in [2.24, 2.45) is 0 Å². The van der Waals surface area contributed by atoms with Gasteiger partial charge in [0.15, 0.2) is 0 Å². The molecule has 5 aromatic rings. The molecule has 2 aromatic carbocycles. The average Bonchev–Trinajstić information content (AvgIpc) is 3.52. The lowest BCUT2D eigenvalue weighted by atomic mass is 10.1. The third kappa shape index (κ3) is 5.35. The maximum Gasteiger partial charge on any atom is 0.224 e. The monoisotopic (exact) mass is 498 g/mol. The number of methoxy groups -OCH3 is 1. The molecule has 6 rings (SSSR count). The molecule has 0 radical (unpaired) electrons. The molecule has 1 aliphatic heterocycles. The summed E-state index contributed by atoms with van der Waals surface area (Å²) in [4.78, 5) is 22.9. The van der Waals surface area contributed by atoms with Gasteiger partial charge in [0.1, 0.15) is 17.4 Å². The molecule has 37 heavy (non-hydrogen) atoms. The second kappa shape index (κ2) is 10.5. The summed E-state index contributed by atoms with van der Waals surface area (Å²) in [5.74, 6) is 3.13. The van der Waals surface area contributed by atoms with Crippen molar-refractivity contribution >= 4 is 39.4 Å². The van der Waals surface area contributed by atoms with Crippen LogP contribution in [-0.2, 0) is 17.7 Å². The van der Waals surface area contributed by atoms with Gasteiger partial charge in [-0.3, -0.25) is 4.90 Å². The molecule has 0 saturated carbocycles. The van der Waals surface area contributed by atoms with E-state index in [1.165, 1.54) is 10.9 Å². The molecule has 0 atom stereocenters. The van der Waals surface area contributed by atoms with E-state index in [-0.39, 0.29) is 0 Å². The van der Waals surface area contributed by atoms with Crippen LogP contribution in [0.15, 0.2) is 54.9 Å². The zero-order valence-electron chi connectivity index (χ0n) is 20.8. The van der Waals surface area contributed by atoms with Crippen molar-refractivity contribution in [2.45, 2.75) is 13.0 Å². The average molecular weight is 499 g/mol. The molecule has 10 nitrogen and oxygen atoms in total. The third-order valence-electron chi connectivity index (χ3n) is 6.59. The minimum Gasteiger partial charge on any atom is -0.497 e. The number of morpholine rings is 1. The van der Waals surface area contributed by atoms with Gasteiger partial charge in [-0.25, -0.2) is 9.97 Å². The Morgan fingerprint density at radius 2 is 1.97 bits per heavy atom. The predicted octanol–water partition coefficient (Wildman–Crippen LogP) is 4.07. The number of fused-ring (bicyclic) bond motifs is 2. The fourth-order valence-corrected chi connectivity index (χ4v) is 4.65. The Labute approximate surface area is 214 Å². The highest BCUT2D eigenvalue weighted by Gasteiger charge is 2.13. The zero-order valence-corrected chi connectivity index (χ0v) is 20.8. The summed E-state index contributed by atoms with van der Waals surface area (Å²) in [5.41, 5.74) is 5.20. The van der Waals surface area contributed by atoms with Gasteiger partial charge in [0.2, 0.25) is 5.95 Å². The van der Waals surface area contributed by atoms with E-state index in [4.69, 9.17) is 14.5 Å². The summed E-state index contributed by atoms with van der Waals surface area (Å²) in [7, 11) is 1.68. The molecular weight excluding hydrogens is 468 g/mol. The Morgan fingerprint density at radius 3 is 2.86 bits per heavy atom. The number of H-pyrrole nitrogens is 2. The van der Waals surface area contributed by atoms with Gasteiger partial charge in [-0.1, -0.05) is 0 Å². The first-order valence-corrected chi connectivity index (χ1v) is 12.5. The topological polar surface area (TPSA) is 116 Å². The van der Waals surface area contributed by atoms with Crippen LogP contribution in [-0.4, -0.2) is 69.8 Å². The lowest BCUT2D eigenvalue weighted by molar-refractivity contribution is 0.0332. The number of nitrogens with zero attached hydrogens (tertiary/aromatic N) is 4. The Morgan fingerprint density at radius 1 is 1.05 bits per heavy atom. The molecule has 0 unspecified atom stereocenters. The van der Waals surface area contributed by atoms with Crippen molar-refractivity contribution in [2.75, 3.05) is 50.6 Å². The molecular formula is C27H30N8O2. The highest BCUT2D eigenvalue weighted by molar-refractivity contribution is 5.84. The molecule has 1 aliphatic rings. The van der Waals surface area contributed by atoms with Crippen LogP contribution in [0.4, 0.5) is 17.5 Å². The van der Waals surface area contributed by atoms with Crippen molar-refractivity contribution in [3.63, 3.8) is 0 Å². The van der Waals surface area contributed by atoms with Crippen LogP contribution in [0.25, 0.3) is 21.9 Å². The van der Waals surface area contributed by atoms with Gasteiger partial charge in [-0.05, 0) is 54.4 Å². The van der Waals surface area contributed by atoms with Gasteiger partial charge in [-0.2, -0.15) is 4.98 Å². The number of hydrogen-bond donors (Lipinski definition) is 4. The standard InChI is InChI=1S/C27H30N8O2/c1-36-20-3-5-22-21(15-20)18(16-30-22)6-8-28-27-29-9-7-25(34-27)31-19-2-4-23-24(14-19)33-26(32-23)17-35-10-12-37-13-11-35/h2-5,7,9,14-16,30H,6,8,10-13,17H2,1H3,(H,32,33)(H2,28,29,31,34). The van der Waals surface area contributed by atoms with Crippen molar-refractivity contribution < 1.29 is 9.47 Å². The second-order valence-corrected chi connectivity index (χ2v) is 9.10. The van der Waals surface area contributed by atoms with Gasteiger partial charge in [0.05, 0.1) is 37.9 Å². The van der Waals surface area contributed by atoms with E-state index in [9.17, 15) is 0 Å². The van der Waals surface area contributed by atoms with E-state index in [0.29, 0.717) is 12.5 Å². The SMILES string of the molecule is COc1ccc2[nH]cc(CCNc3nccc(Nc4ccc5nc(CN6CCOCC6)[nH]c5c4)n3)c2c1. The van der Waals surface area contributed by atoms with Crippen LogP contribution in [0.5, 0.6) is 5.75 Å². The molecule has 3 aromatic heterocycles. The van der Waals surface area contributed by atoms with Crippen LogP contribution in [0, 0.1) is 0 Å². The lowest BCUT2D eigenvalue weighted by Gasteiger charge is -2.25. The Balaban J connectivity index is 1.08. The molecule has 190 valence electrons. The van der Waals surface area contributed by atoms with E-state index >= 15 is 0 Å². The summed E-state index contributed by atoms with van der Waals surface area (Å²) in [5, 5.41) is 7.89. The summed E-state index contributed by atoms with van der Waals surface area (Å²) in [6.45, 7) is 4.94. The van der Waals surface area contributed by atoms with Crippen LogP contribution < -0.4 is 15.4 Å². The first-order chi connectivity index (χ1) is 18.2. The Bertz CT molecular complexity index is 1510. The van der Waals surface area contributed by atoms with E-state index < -0.39 is 0 Å². The molecule has 4 heterocycles. The maximum atomic E-state index is 5.44. The molecule has 4 N–H and O–H groups in total. The van der Waals surface area contributed by atoms with Gasteiger partial charge in [0.25, 0.3) is 0 Å². The molecule has 0 aliphatic carbocycles. The van der Waals surface area contributed by atoms with Crippen molar-refractivity contribution in [3.05, 3.63) is 66.2 Å². The van der Waals surface area contributed by atoms with E-state index in [2.05, 4.69) is 47.6 Å². The van der Waals surface area contributed by atoms with E-state index in [0.717, 1.165) is 78.9 Å². The summed E-state index contributed by atoms with van der Waals surface area (Å²) in [6.07, 6.45) is 4.63. The fourth-order valence-electron chi connectivity index (χ4n) is 4.65. The molecule has 0 bridgehead atoms. The van der Waals surface area contributed by atoms with Crippen LogP contribution >= 0.6 is 0 Å².